The second-order valence-corrected chi connectivity index (χ2v) is 6.65. The number of rotatable bonds is 6. The number of likely N-dealkylation sites (tertiary alicyclic amines) is 1. The number of amides is 1. The highest BCUT2D eigenvalue weighted by Gasteiger charge is 2.23. The summed E-state index contributed by atoms with van der Waals surface area (Å²) in [6.45, 7) is 5.81. The summed E-state index contributed by atoms with van der Waals surface area (Å²) < 4.78 is 1.31. The summed E-state index contributed by atoms with van der Waals surface area (Å²) in [5, 5.41) is 2.94. The van der Waals surface area contributed by atoms with E-state index in [0.29, 0.717) is 12.5 Å². The lowest BCUT2D eigenvalue weighted by molar-refractivity contribution is -0.121. The molecule has 1 aliphatic rings. The van der Waals surface area contributed by atoms with Crippen molar-refractivity contribution in [3.05, 3.63) is 64.3 Å². The molecule has 1 atom stereocenters. The number of hydrogen-bond acceptors (Lipinski definition) is 4. The quantitative estimate of drug-likeness (QED) is 0.858. The molecule has 0 spiro atoms. The zero-order valence-corrected chi connectivity index (χ0v) is 14.5. The summed E-state index contributed by atoms with van der Waals surface area (Å²) in [6.07, 6.45) is 4.09. The van der Waals surface area contributed by atoms with Crippen LogP contribution in [0, 0.1) is 12.8 Å². The largest absolute Gasteiger partial charge is 0.354 e. The first-order valence-electron chi connectivity index (χ1n) is 8.67. The first-order chi connectivity index (χ1) is 12.1. The van der Waals surface area contributed by atoms with Gasteiger partial charge in [-0.1, -0.05) is 24.3 Å². The molecule has 0 unspecified atom stereocenters. The van der Waals surface area contributed by atoms with Gasteiger partial charge in [0.05, 0.1) is 0 Å². The third-order valence-electron chi connectivity index (χ3n) is 4.71. The molecule has 2 heterocycles. The second-order valence-electron chi connectivity index (χ2n) is 6.65. The normalized spacial score (nSPS) is 17.6. The Morgan fingerprint density at radius 3 is 2.96 bits per heavy atom. The highest BCUT2D eigenvalue weighted by Crippen LogP contribution is 2.19. The number of aryl methyl sites for hydroxylation is 1. The van der Waals surface area contributed by atoms with E-state index in [1.807, 2.05) is 0 Å². The van der Waals surface area contributed by atoms with Crippen molar-refractivity contribution in [2.45, 2.75) is 26.4 Å². The maximum Gasteiger partial charge on any atom is 0.347 e. The molecule has 0 aliphatic carbocycles. The third-order valence-corrected chi connectivity index (χ3v) is 4.71. The minimum absolute atomic E-state index is 0.0202. The van der Waals surface area contributed by atoms with Crippen LogP contribution < -0.4 is 11.0 Å². The van der Waals surface area contributed by atoms with Crippen molar-refractivity contribution in [1.29, 1.82) is 0 Å². The summed E-state index contributed by atoms with van der Waals surface area (Å²) in [7, 11) is 0. The van der Waals surface area contributed by atoms with E-state index in [-0.39, 0.29) is 12.5 Å². The Morgan fingerprint density at radius 2 is 2.16 bits per heavy atom. The molecule has 1 N–H and O–H groups in total. The molecule has 25 heavy (non-hydrogen) atoms. The SMILES string of the molecule is Cc1ccccc1CN1CC[C@@H](CNC(=O)Cn2cccnc2=O)C1. The van der Waals surface area contributed by atoms with E-state index in [1.165, 1.54) is 21.9 Å². The molecule has 1 saturated heterocycles. The van der Waals surface area contributed by atoms with Crippen LogP contribution in [0.1, 0.15) is 17.5 Å². The first-order valence-corrected chi connectivity index (χ1v) is 8.67. The van der Waals surface area contributed by atoms with E-state index in [1.54, 1.807) is 12.3 Å². The first kappa shape index (κ1) is 17.4. The summed E-state index contributed by atoms with van der Waals surface area (Å²) in [5.41, 5.74) is 2.28. The summed E-state index contributed by atoms with van der Waals surface area (Å²) in [6, 6.07) is 10.1. The Bertz CT molecular complexity index is 787. The average molecular weight is 340 g/mol. The topological polar surface area (TPSA) is 67.2 Å². The molecule has 132 valence electrons. The molecule has 1 aromatic carbocycles. The third kappa shape index (κ3) is 4.76. The predicted molar refractivity (Wildman–Crippen MR) is 96.1 cm³/mol. The van der Waals surface area contributed by atoms with Gasteiger partial charge in [-0.05, 0) is 43.0 Å². The lowest BCUT2D eigenvalue weighted by Crippen LogP contribution is -2.36. The van der Waals surface area contributed by atoms with Gasteiger partial charge in [-0.25, -0.2) is 9.78 Å². The van der Waals surface area contributed by atoms with Gasteiger partial charge in [-0.2, -0.15) is 0 Å². The number of hydrogen-bond donors (Lipinski definition) is 1. The van der Waals surface area contributed by atoms with Crippen LogP contribution in [0.5, 0.6) is 0 Å². The van der Waals surface area contributed by atoms with Crippen molar-refractivity contribution in [2.24, 2.45) is 5.92 Å². The van der Waals surface area contributed by atoms with E-state index in [2.05, 4.69) is 46.4 Å². The Balaban J connectivity index is 1.44. The van der Waals surface area contributed by atoms with Gasteiger partial charge in [0.2, 0.25) is 5.91 Å². The Labute approximate surface area is 147 Å². The molecule has 0 bridgehead atoms. The molecule has 1 aromatic heterocycles. The van der Waals surface area contributed by atoms with Crippen LogP contribution in [0.4, 0.5) is 0 Å². The van der Waals surface area contributed by atoms with Crippen molar-refractivity contribution in [3.63, 3.8) is 0 Å². The Hall–Kier alpha value is -2.47. The average Bonchev–Trinajstić information content (AvgIpc) is 3.05. The molecule has 6 heteroatoms. The minimum Gasteiger partial charge on any atom is -0.354 e. The summed E-state index contributed by atoms with van der Waals surface area (Å²) >= 11 is 0. The molecule has 1 fully saturated rings. The van der Waals surface area contributed by atoms with Gasteiger partial charge >= 0.3 is 5.69 Å². The van der Waals surface area contributed by atoms with E-state index in [9.17, 15) is 9.59 Å². The van der Waals surface area contributed by atoms with Crippen molar-refractivity contribution in [2.75, 3.05) is 19.6 Å². The van der Waals surface area contributed by atoms with Gasteiger partial charge in [0.25, 0.3) is 0 Å². The Morgan fingerprint density at radius 1 is 1.32 bits per heavy atom. The molecule has 1 aliphatic heterocycles. The van der Waals surface area contributed by atoms with Gasteiger partial charge in [-0.3, -0.25) is 14.3 Å². The predicted octanol–water partition coefficient (Wildman–Crippen LogP) is 1.19. The van der Waals surface area contributed by atoms with Crippen LogP contribution in [0.3, 0.4) is 0 Å². The second kappa shape index (κ2) is 8.07. The fourth-order valence-corrected chi connectivity index (χ4v) is 3.23. The van der Waals surface area contributed by atoms with Gasteiger partial charge in [0.1, 0.15) is 6.54 Å². The van der Waals surface area contributed by atoms with Crippen LogP contribution >= 0.6 is 0 Å². The highest BCUT2D eigenvalue weighted by atomic mass is 16.2. The molecule has 0 saturated carbocycles. The molecule has 6 nitrogen and oxygen atoms in total. The molecule has 0 radical (unpaired) electrons. The van der Waals surface area contributed by atoms with E-state index >= 15 is 0 Å². The van der Waals surface area contributed by atoms with Crippen molar-refractivity contribution in [3.8, 4) is 0 Å². The van der Waals surface area contributed by atoms with Crippen LogP contribution in [0.15, 0.2) is 47.5 Å². The molecule has 1 amide bonds. The lowest BCUT2D eigenvalue weighted by atomic mass is 10.1. The summed E-state index contributed by atoms with van der Waals surface area (Å²) in [5.74, 6) is 0.311. The van der Waals surface area contributed by atoms with Crippen LogP contribution in [0.25, 0.3) is 0 Å². The van der Waals surface area contributed by atoms with E-state index in [0.717, 1.165) is 26.1 Å². The van der Waals surface area contributed by atoms with Crippen molar-refractivity contribution < 1.29 is 4.79 Å². The van der Waals surface area contributed by atoms with Crippen LogP contribution in [0.2, 0.25) is 0 Å². The number of nitrogens with one attached hydrogen (secondary N) is 1. The molecular weight excluding hydrogens is 316 g/mol. The number of aromatic nitrogens is 2. The monoisotopic (exact) mass is 340 g/mol. The smallest absolute Gasteiger partial charge is 0.347 e. The van der Waals surface area contributed by atoms with E-state index in [4.69, 9.17) is 0 Å². The van der Waals surface area contributed by atoms with E-state index < -0.39 is 5.69 Å². The summed E-state index contributed by atoms with van der Waals surface area (Å²) in [4.78, 5) is 29.6. The molecule has 3 rings (SSSR count). The maximum absolute atomic E-state index is 12.0. The van der Waals surface area contributed by atoms with Crippen LogP contribution in [-0.4, -0.2) is 40.0 Å². The molecule has 2 aromatic rings. The van der Waals surface area contributed by atoms with Gasteiger partial charge in [-0.15, -0.1) is 0 Å². The van der Waals surface area contributed by atoms with Gasteiger partial charge in [0.15, 0.2) is 0 Å². The molecular formula is C19H24N4O2. The standard InChI is InChI=1S/C19H24N4O2/c1-15-5-2-3-6-17(15)13-22-10-7-16(12-22)11-21-18(24)14-23-9-4-8-20-19(23)25/h2-6,8-9,16H,7,10-14H2,1H3,(H,21,24)/t16-/m0/s1. The number of carbonyl (C=O) groups is 1. The zero-order valence-electron chi connectivity index (χ0n) is 14.5. The fraction of sp³-hybridized carbons (Fsp3) is 0.421. The lowest BCUT2D eigenvalue weighted by Gasteiger charge is -2.17. The Kier molecular flexibility index (Phi) is 5.60. The van der Waals surface area contributed by atoms with Gasteiger partial charge in [0, 0.05) is 32.0 Å². The number of nitrogens with zero attached hydrogens (tertiary/aromatic N) is 3. The number of carbonyl (C=O) groups excluding carboxylic acids is 1. The van der Waals surface area contributed by atoms with Crippen molar-refractivity contribution in [1.82, 2.24) is 19.8 Å². The minimum atomic E-state index is -0.400. The van der Waals surface area contributed by atoms with Crippen LogP contribution in [-0.2, 0) is 17.9 Å². The fourth-order valence-electron chi connectivity index (χ4n) is 3.23. The number of benzene rings is 1. The highest BCUT2D eigenvalue weighted by molar-refractivity contribution is 5.75. The van der Waals surface area contributed by atoms with Crippen molar-refractivity contribution >= 4 is 5.91 Å². The zero-order chi connectivity index (χ0) is 17.6. The maximum atomic E-state index is 12.0. The van der Waals surface area contributed by atoms with Gasteiger partial charge < -0.3 is 5.32 Å².